The van der Waals surface area contributed by atoms with Gasteiger partial charge in [-0.3, -0.25) is 0 Å². The van der Waals surface area contributed by atoms with Crippen molar-refractivity contribution in [2.45, 2.75) is 48.9 Å². The number of aromatic nitrogens is 1. The van der Waals surface area contributed by atoms with E-state index in [4.69, 9.17) is 4.74 Å². The van der Waals surface area contributed by atoms with Crippen LogP contribution < -0.4 is 9.46 Å². The van der Waals surface area contributed by atoms with E-state index in [1.807, 2.05) is 0 Å². The van der Waals surface area contributed by atoms with E-state index in [1.54, 1.807) is 12.1 Å². The molecule has 1 aliphatic rings. The maximum absolute atomic E-state index is 12.6. The monoisotopic (exact) mass is 478 g/mol. The van der Waals surface area contributed by atoms with Crippen LogP contribution in [0.4, 0.5) is 13.2 Å². The van der Waals surface area contributed by atoms with Gasteiger partial charge in [-0.15, -0.1) is 0 Å². The van der Waals surface area contributed by atoms with Gasteiger partial charge in [0.05, 0.1) is 10.5 Å². The molecule has 0 amide bonds. The summed E-state index contributed by atoms with van der Waals surface area (Å²) < 4.78 is 71.7. The number of hydrogen-bond acceptors (Lipinski definition) is 4. The summed E-state index contributed by atoms with van der Waals surface area (Å²) in [7, 11) is -3.60. The Labute approximate surface area is 169 Å². The molecule has 0 spiro atoms. The number of benzene rings is 1. The van der Waals surface area contributed by atoms with E-state index in [1.165, 1.54) is 18.2 Å². The normalized spacial score (nSPS) is 20.7. The molecule has 1 aromatic carbocycles. The average Bonchev–Trinajstić information content (AvgIpc) is 2.63. The van der Waals surface area contributed by atoms with Crippen molar-refractivity contribution in [3.05, 3.63) is 52.6 Å². The van der Waals surface area contributed by atoms with E-state index < -0.39 is 21.8 Å². The predicted octanol–water partition coefficient (Wildman–Crippen LogP) is 4.53. The molecule has 1 heterocycles. The largest absolute Gasteiger partial charge is 0.474 e. The molecule has 0 radical (unpaired) electrons. The summed E-state index contributed by atoms with van der Waals surface area (Å²) in [5.74, 6) is 0.131. The number of hydrogen-bond donors (Lipinski definition) is 1. The summed E-state index contributed by atoms with van der Waals surface area (Å²) in [6, 6.07) is 8.29. The third-order valence-corrected chi connectivity index (χ3v) is 6.54. The van der Waals surface area contributed by atoms with Crippen LogP contribution in [0.1, 0.15) is 31.2 Å². The van der Waals surface area contributed by atoms with E-state index in [0.717, 1.165) is 16.7 Å². The molecular formula is C18H18BrF3N2O3S. The third-order valence-electron chi connectivity index (χ3n) is 4.47. The highest BCUT2D eigenvalue weighted by Crippen LogP contribution is 2.30. The summed E-state index contributed by atoms with van der Waals surface area (Å²) in [6.45, 7) is 0. The number of ether oxygens (including phenoxy) is 1. The van der Waals surface area contributed by atoms with Gasteiger partial charge in [0.15, 0.2) is 0 Å². The highest BCUT2D eigenvalue weighted by molar-refractivity contribution is 9.10. The van der Waals surface area contributed by atoms with E-state index in [9.17, 15) is 21.6 Å². The Morgan fingerprint density at radius 2 is 1.68 bits per heavy atom. The van der Waals surface area contributed by atoms with E-state index in [0.29, 0.717) is 25.7 Å². The fourth-order valence-corrected chi connectivity index (χ4v) is 4.56. The number of sulfonamides is 1. The first-order chi connectivity index (χ1) is 13.1. The molecule has 5 nitrogen and oxygen atoms in total. The molecule has 10 heteroatoms. The molecule has 1 saturated carbocycles. The van der Waals surface area contributed by atoms with Crippen LogP contribution in [-0.2, 0) is 16.2 Å². The van der Waals surface area contributed by atoms with Crippen molar-refractivity contribution in [3.8, 4) is 5.88 Å². The van der Waals surface area contributed by atoms with Crippen LogP contribution in [0, 0.1) is 0 Å². The second-order valence-electron chi connectivity index (χ2n) is 6.55. The number of alkyl halides is 3. The zero-order valence-electron chi connectivity index (χ0n) is 14.6. The van der Waals surface area contributed by atoms with Gasteiger partial charge in [0.1, 0.15) is 6.10 Å². The fraction of sp³-hybridized carbons (Fsp3) is 0.389. The van der Waals surface area contributed by atoms with Gasteiger partial charge < -0.3 is 4.74 Å². The molecule has 152 valence electrons. The molecule has 0 bridgehead atoms. The van der Waals surface area contributed by atoms with Crippen LogP contribution in [0.25, 0.3) is 0 Å². The van der Waals surface area contributed by atoms with Crippen LogP contribution in [0.3, 0.4) is 0 Å². The summed E-state index contributed by atoms with van der Waals surface area (Å²) in [5, 5.41) is 0. The fourth-order valence-electron chi connectivity index (χ4n) is 2.99. The minimum atomic E-state index is -4.43. The lowest BCUT2D eigenvalue weighted by Crippen LogP contribution is -2.39. The topological polar surface area (TPSA) is 68.3 Å². The molecule has 1 N–H and O–H groups in total. The lowest BCUT2D eigenvalue weighted by atomic mass is 9.94. The van der Waals surface area contributed by atoms with Crippen LogP contribution in [0.2, 0.25) is 0 Å². The molecule has 0 atom stereocenters. The molecule has 1 fully saturated rings. The Morgan fingerprint density at radius 3 is 2.21 bits per heavy atom. The lowest BCUT2D eigenvalue weighted by Gasteiger charge is -2.29. The lowest BCUT2D eigenvalue weighted by molar-refractivity contribution is -0.137. The minimum absolute atomic E-state index is 0.131. The van der Waals surface area contributed by atoms with Crippen molar-refractivity contribution in [1.29, 1.82) is 0 Å². The first-order valence-electron chi connectivity index (χ1n) is 8.61. The quantitative estimate of drug-likeness (QED) is 0.685. The van der Waals surface area contributed by atoms with Crippen molar-refractivity contribution < 1.29 is 26.3 Å². The van der Waals surface area contributed by atoms with Crippen molar-refractivity contribution in [3.63, 3.8) is 0 Å². The number of nitrogens with one attached hydrogen (secondary N) is 1. The molecule has 0 saturated heterocycles. The second-order valence-corrected chi connectivity index (χ2v) is 9.18. The SMILES string of the molecule is O=S(=O)(NC1CCC(Oc2ccc(C(F)(F)F)cn2)CC1)c1ccc(Br)cc1. The minimum Gasteiger partial charge on any atom is -0.474 e. The summed E-state index contributed by atoms with van der Waals surface area (Å²) in [4.78, 5) is 3.90. The molecule has 1 aromatic heterocycles. The third kappa shape index (κ3) is 5.45. The molecule has 0 unspecified atom stereocenters. The van der Waals surface area contributed by atoms with Crippen molar-refractivity contribution >= 4 is 26.0 Å². The summed E-state index contributed by atoms with van der Waals surface area (Å²) in [6.07, 6.45) is -1.60. The number of halogens is 4. The zero-order chi connectivity index (χ0) is 20.4. The summed E-state index contributed by atoms with van der Waals surface area (Å²) in [5.41, 5.74) is -0.828. The maximum atomic E-state index is 12.6. The number of pyridine rings is 1. The molecule has 0 aliphatic heterocycles. The van der Waals surface area contributed by atoms with Gasteiger partial charge in [-0.2, -0.15) is 13.2 Å². The molecule has 2 aromatic rings. The molecular weight excluding hydrogens is 461 g/mol. The molecule has 1 aliphatic carbocycles. The van der Waals surface area contributed by atoms with Gasteiger partial charge in [-0.25, -0.2) is 18.1 Å². The Hall–Kier alpha value is -1.65. The first-order valence-corrected chi connectivity index (χ1v) is 10.9. The number of nitrogens with zero attached hydrogens (tertiary/aromatic N) is 1. The van der Waals surface area contributed by atoms with Crippen LogP contribution >= 0.6 is 15.9 Å². The van der Waals surface area contributed by atoms with Gasteiger partial charge in [-0.1, -0.05) is 15.9 Å². The van der Waals surface area contributed by atoms with Crippen LogP contribution in [0.15, 0.2) is 52.0 Å². The van der Waals surface area contributed by atoms with Gasteiger partial charge in [-0.05, 0) is 56.0 Å². The van der Waals surface area contributed by atoms with Gasteiger partial charge >= 0.3 is 6.18 Å². The highest BCUT2D eigenvalue weighted by Gasteiger charge is 2.31. The first kappa shape index (κ1) is 21.1. The van der Waals surface area contributed by atoms with E-state index in [-0.39, 0.29) is 22.9 Å². The Balaban J connectivity index is 1.52. The molecule has 3 rings (SSSR count). The predicted molar refractivity (Wildman–Crippen MR) is 100 cm³/mol. The van der Waals surface area contributed by atoms with Crippen LogP contribution in [0.5, 0.6) is 5.88 Å². The van der Waals surface area contributed by atoms with E-state index >= 15 is 0 Å². The zero-order valence-corrected chi connectivity index (χ0v) is 17.0. The van der Waals surface area contributed by atoms with Crippen LogP contribution in [-0.4, -0.2) is 25.5 Å². The Kier molecular flexibility index (Phi) is 6.31. The van der Waals surface area contributed by atoms with Gasteiger partial charge in [0.2, 0.25) is 15.9 Å². The van der Waals surface area contributed by atoms with Gasteiger partial charge in [0, 0.05) is 22.8 Å². The van der Waals surface area contributed by atoms with Crippen molar-refractivity contribution in [2.24, 2.45) is 0 Å². The average molecular weight is 479 g/mol. The maximum Gasteiger partial charge on any atom is 0.417 e. The molecule has 28 heavy (non-hydrogen) atoms. The standard InChI is InChI=1S/C18H18BrF3N2O3S/c19-13-2-8-16(9-3-13)28(25,26)24-14-4-6-15(7-5-14)27-17-10-1-12(11-23-17)18(20,21)22/h1-3,8-11,14-15,24H,4-7H2. The van der Waals surface area contributed by atoms with Crippen molar-refractivity contribution in [1.82, 2.24) is 9.71 Å². The van der Waals surface area contributed by atoms with Gasteiger partial charge in [0.25, 0.3) is 0 Å². The number of rotatable bonds is 5. The Morgan fingerprint density at radius 1 is 1.04 bits per heavy atom. The van der Waals surface area contributed by atoms with Crippen molar-refractivity contribution in [2.75, 3.05) is 0 Å². The Bertz CT molecular complexity index is 895. The summed E-state index contributed by atoms with van der Waals surface area (Å²) >= 11 is 3.27. The van der Waals surface area contributed by atoms with E-state index in [2.05, 4.69) is 25.6 Å². The second kappa shape index (κ2) is 8.38. The highest BCUT2D eigenvalue weighted by atomic mass is 79.9. The smallest absolute Gasteiger partial charge is 0.417 e.